The first-order valence-corrected chi connectivity index (χ1v) is 6.00. The number of rotatable bonds is 3. The number of aliphatic carboxylic acids is 1. The zero-order valence-corrected chi connectivity index (χ0v) is 9.59. The van der Waals surface area contributed by atoms with E-state index in [0.29, 0.717) is 18.4 Å². The van der Waals surface area contributed by atoms with E-state index >= 15 is 0 Å². The monoisotopic (exact) mass is 231 g/mol. The van der Waals surface area contributed by atoms with Crippen molar-refractivity contribution in [2.24, 2.45) is 11.8 Å². The second kappa shape index (κ2) is 5.13. The average molecular weight is 231 g/mol. The van der Waals surface area contributed by atoms with Crippen LogP contribution in [0.25, 0.3) is 0 Å². The van der Waals surface area contributed by atoms with Gasteiger partial charge in [-0.1, -0.05) is 43.2 Å². The number of hydrogen-bond acceptors (Lipinski definition) is 3. The Morgan fingerprint density at radius 3 is 2.18 bits per heavy atom. The van der Waals surface area contributed by atoms with Gasteiger partial charge in [0.1, 0.15) is 0 Å². The average Bonchev–Trinajstić information content (AvgIpc) is 2.39. The van der Waals surface area contributed by atoms with Crippen LogP contribution in [-0.2, 0) is 4.79 Å². The highest BCUT2D eigenvalue weighted by molar-refractivity contribution is 5.99. The summed E-state index contributed by atoms with van der Waals surface area (Å²) in [7, 11) is 0. The molecule has 2 atom stereocenters. The molecule has 1 saturated carbocycles. The van der Waals surface area contributed by atoms with E-state index in [2.05, 4.69) is 0 Å². The van der Waals surface area contributed by atoms with E-state index in [0.717, 1.165) is 12.8 Å². The number of Topliss-reactive ketones (excluding diaryl/α,β-unsaturated/α-hetero) is 1. The Bertz CT molecular complexity index is 411. The predicted octanol–water partition coefficient (Wildman–Crippen LogP) is 1.43. The molecular weight excluding hydrogens is 216 g/mol. The molecular formula is C14H15O3-. The molecule has 0 N–H and O–H groups in total. The standard InChI is InChI=1S/C14H16O3/c15-13(10-6-2-1-3-7-10)11-8-4-5-9-12(11)14(16)17/h1-3,6-7,11-12H,4-5,8-9H2,(H,16,17)/p-1/t11-,12+/m1/s1. The molecule has 0 aliphatic heterocycles. The molecule has 3 heteroatoms. The van der Waals surface area contributed by atoms with Gasteiger partial charge in [-0.15, -0.1) is 0 Å². The zero-order chi connectivity index (χ0) is 12.3. The number of carboxylic acid groups (broad SMARTS) is 1. The van der Waals surface area contributed by atoms with Gasteiger partial charge < -0.3 is 9.90 Å². The third-order valence-electron chi connectivity index (χ3n) is 3.46. The number of ketones is 1. The molecule has 2 rings (SSSR count). The van der Waals surface area contributed by atoms with Crippen molar-refractivity contribution in [2.45, 2.75) is 25.7 Å². The van der Waals surface area contributed by atoms with Crippen LogP contribution in [0, 0.1) is 11.8 Å². The van der Waals surface area contributed by atoms with Crippen molar-refractivity contribution in [2.75, 3.05) is 0 Å². The smallest absolute Gasteiger partial charge is 0.166 e. The molecule has 0 amide bonds. The fourth-order valence-corrected chi connectivity index (χ4v) is 2.54. The van der Waals surface area contributed by atoms with Crippen molar-refractivity contribution < 1.29 is 14.7 Å². The Morgan fingerprint density at radius 2 is 1.59 bits per heavy atom. The molecule has 90 valence electrons. The maximum Gasteiger partial charge on any atom is 0.166 e. The number of carbonyl (C=O) groups is 2. The Balaban J connectivity index is 2.20. The summed E-state index contributed by atoms with van der Waals surface area (Å²) >= 11 is 0. The summed E-state index contributed by atoms with van der Waals surface area (Å²) in [6, 6.07) is 8.91. The first-order chi connectivity index (χ1) is 8.20. The second-order valence-corrected chi connectivity index (χ2v) is 4.55. The summed E-state index contributed by atoms with van der Waals surface area (Å²) in [4.78, 5) is 23.3. The van der Waals surface area contributed by atoms with Crippen molar-refractivity contribution in [3.8, 4) is 0 Å². The molecule has 0 bridgehead atoms. The van der Waals surface area contributed by atoms with Crippen LogP contribution >= 0.6 is 0 Å². The molecule has 0 radical (unpaired) electrons. The van der Waals surface area contributed by atoms with Gasteiger partial charge in [-0.3, -0.25) is 4.79 Å². The van der Waals surface area contributed by atoms with Crippen LogP contribution in [0.15, 0.2) is 30.3 Å². The van der Waals surface area contributed by atoms with Crippen LogP contribution < -0.4 is 5.11 Å². The normalized spacial score (nSPS) is 24.2. The first kappa shape index (κ1) is 11.8. The predicted molar refractivity (Wildman–Crippen MR) is 61.2 cm³/mol. The summed E-state index contributed by atoms with van der Waals surface area (Å²) in [5.74, 6) is -2.16. The maximum atomic E-state index is 12.2. The fourth-order valence-electron chi connectivity index (χ4n) is 2.54. The van der Waals surface area contributed by atoms with Crippen LogP contribution in [0.5, 0.6) is 0 Å². The van der Waals surface area contributed by atoms with Crippen molar-refractivity contribution >= 4 is 11.8 Å². The van der Waals surface area contributed by atoms with Gasteiger partial charge in [0, 0.05) is 23.4 Å². The molecule has 0 heterocycles. The summed E-state index contributed by atoms with van der Waals surface area (Å²) in [6.45, 7) is 0. The van der Waals surface area contributed by atoms with E-state index in [-0.39, 0.29) is 5.78 Å². The number of benzene rings is 1. The lowest BCUT2D eigenvalue weighted by Gasteiger charge is -2.31. The Morgan fingerprint density at radius 1 is 1.00 bits per heavy atom. The molecule has 1 aromatic rings. The molecule has 0 aromatic heterocycles. The van der Waals surface area contributed by atoms with Crippen molar-refractivity contribution in [1.29, 1.82) is 0 Å². The molecule has 3 nitrogen and oxygen atoms in total. The highest BCUT2D eigenvalue weighted by atomic mass is 16.4. The summed E-state index contributed by atoms with van der Waals surface area (Å²) in [5.41, 5.74) is 0.602. The van der Waals surface area contributed by atoms with E-state index in [4.69, 9.17) is 0 Å². The van der Waals surface area contributed by atoms with Gasteiger partial charge in [-0.25, -0.2) is 0 Å². The van der Waals surface area contributed by atoms with E-state index in [1.807, 2.05) is 6.07 Å². The SMILES string of the molecule is O=C([O-])[C@H]1CCCC[C@H]1C(=O)c1ccccc1. The topological polar surface area (TPSA) is 57.2 Å². The Hall–Kier alpha value is -1.64. The molecule has 0 spiro atoms. The van der Waals surface area contributed by atoms with Gasteiger partial charge in [0.05, 0.1) is 0 Å². The van der Waals surface area contributed by atoms with E-state index in [9.17, 15) is 14.7 Å². The number of carbonyl (C=O) groups excluding carboxylic acids is 2. The summed E-state index contributed by atoms with van der Waals surface area (Å²) in [5, 5.41) is 11.0. The second-order valence-electron chi connectivity index (χ2n) is 4.55. The Labute approximate surface area is 100 Å². The van der Waals surface area contributed by atoms with Gasteiger partial charge in [-0.2, -0.15) is 0 Å². The maximum absolute atomic E-state index is 12.2. The fraction of sp³-hybridized carbons (Fsp3) is 0.429. The van der Waals surface area contributed by atoms with E-state index in [1.165, 1.54) is 0 Å². The van der Waals surface area contributed by atoms with Crippen LogP contribution in [0.4, 0.5) is 0 Å². The molecule has 17 heavy (non-hydrogen) atoms. The zero-order valence-electron chi connectivity index (χ0n) is 9.59. The lowest BCUT2D eigenvalue weighted by Crippen LogP contribution is -2.40. The third kappa shape index (κ3) is 2.54. The first-order valence-electron chi connectivity index (χ1n) is 6.00. The van der Waals surface area contributed by atoms with Crippen LogP contribution in [-0.4, -0.2) is 11.8 Å². The van der Waals surface area contributed by atoms with Crippen LogP contribution in [0.1, 0.15) is 36.0 Å². The lowest BCUT2D eigenvalue weighted by atomic mass is 9.75. The van der Waals surface area contributed by atoms with Crippen LogP contribution in [0.2, 0.25) is 0 Å². The lowest BCUT2D eigenvalue weighted by molar-refractivity contribution is -0.313. The largest absolute Gasteiger partial charge is 0.550 e. The summed E-state index contributed by atoms with van der Waals surface area (Å²) < 4.78 is 0. The minimum absolute atomic E-state index is 0.0560. The highest BCUT2D eigenvalue weighted by Crippen LogP contribution is 2.32. The van der Waals surface area contributed by atoms with Gasteiger partial charge in [0.15, 0.2) is 5.78 Å². The van der Waals surface area contributed by atoms with Gasteiger partial charge in [0.25, 0.3) is 0 Å². The van der Waals surface area contributed by atoms with Crippen molar-refractivity contribution in [1.82, 2.24) is 0 Å². The van der Waals surface area contributed by atoms with Gasteiger partial charge in [-0.05, 0) is 12.8 Å². The van der Waals surface area contributed by atoms with Gasteiger partial charge in [0.2, 0.25) is 0 Å². The van der Waals surface area contributed by atoms with Crippen LogP contribution in [0.3, 0.4) is 0 Å². The molecule has 0 unspecified atom stereocenters. The molecule has 1 aliphatic carbocycles. The highest BCUT2D eigenvalue weighted by Gasteiger charge is 2.31. The quantitative estimate of drug-likeness (QED) is 0.739. The number of hydrogen-bond donors (Lipinski definition) is 0. The van der Waals surface area contributed by atoms with E-state index < -0.39 is 17.8 Å². The van der Waals surface area contributed by atoms with Crippen molar-refractivity contribution in [3.63, 3.8) is 0 Å². The van der Waals surface area contributed by atoms with Crippen molar-refractivity contribution in [3.05, 3.63) is 35.9 Å². The molecule has 1 fully saturated rings. The molecule has 1 aliphatic rings. The Kier molecular flexibility index (Phi) is 3.57. The third-order valence-corrected chi connectivity index (χ3v) is 3.46. The number of carboxylic acids is 1. The van der Waals surface area contributed by atoms with Gasteiger partial charge >= 0.3 is 0 Å². The summed E-state index contributed by atoms with van der Waals surface area (Å²) in [6.07, 6.45) is 3.02. The minimum atomic E-state index is -1.08. The molecule has 1 aromatic carbocycles. The van der Waals surface area contributed by atoms with E-state index in [1.54, 1.807) is 24.3 Å². The minimum Gasteiger partial charge on any atom is -0.550 e. The molecule has 0 saturated heterocycles.